The van der Waals surface area contributed by atoms with Gasteiger partial charge in [0.25, 0.3) is 0 Å². The highest BCUT2D eigenvalue weighted by molar-refractivity contribution is 5.55. The molecule has 2 heterocycles. The second-order valence-electron chi connectivity index (χ2n) is 4.04. The Morgan fingerprint density at radius 1 is 1.00 bits per heavy atom. The number of nitrogens with one attached hydrogen (secondary N) is 1. The molecule has 4 nitrogen and oxygen atoms in total. The SMILES string of the molecule is c1ccc(Nc2ccc(C3OCCO3)cn2)cc1. The van der Waals surface area contributed by atoms with Crippen LogP contribution in [-0.4, -0.2) is 18.2 Å². The summed E-state index contributed by atoms with van der Waals surface area (Å²) in [5, 5.41) is 3.23. The summed E-state index contributed by atoms with van der Waals surface area (Å²) in [6.45, 7) is 1.30. The zero-order chi connectivity index (χ0) is 12.2. The van der Waals surface area contributed by atoms with E-state index in [1.165, 1.54) is 0 Å². The molecule has 0 spiro atoms. The average Bonchev–Trinajstić information content (AvgIpc) is 2.95. The fraction of sp³-hybridized carbons (Fsp3) is 0.214. The first-order chi connectivity index (χ1) is 8.92. The molecular weight excluding hydrogens is 228 g/mol. The molecule has 0 atom stereocenters. The molecule has 1 aliphatic heterocycles. The lowest BCUT2D eigenvalue weighted by molar-refractivity contribution is -0.0443. The van der Waals surface area contributed by atoms with Gasteiger partial charge in [0.05, 0.1) is 13.2 Å². The molecule has 1 aromatic carbocycles. The molecule has 1 aromatic heterocycles. The smallest absolute Gasteiger partial charge is 0.185 e. The Morgan fingerprint density at radius 3 is 2.44 bits per heavy atom. The molecule has 0 saturated carbocycles. The van der Waals surface area contributed by atoms with Gasteiger partial charge in [-0.15, -0.1) is 0 Å². The predicted octanol–water partition coefficient (Wildman–Crippen LogP) is 2.87. The van der Waals surface area contributed by atoms with Crippen LogP contribution in [0.25, 0.3) is 0 Å². The van der Waals surface area contributed by atoms with Crippen LogP contribution in [-0.2, 0) is 9.47 Å². The van der Waals surface area contributed by atoms with Crippen LogP contribution < -0.4 is 5.32 Å². The standard InChI is InChI=1S/C14H14N2O2/c1-2-4-12(5-3-1)16-13-7-6-11(10-15-13)14-17-8-9-18-14/h1-7,10,14H,8-9H2,(H,15,16). The first-order valence-electron chi connectivity index (χ1n) is 5.93. The average molecular weight is 242 g/mol. The van der Waals surface area contributed by atoms with Gasteiger partial charge in [-0.25, -0.2) is 4.98 Å². The van der Waals surface area contributed by atoms with Crippen LogP contribution in [0.2, 0.25) is 0 Å². The minimum atomic E-state index is -0.261. The predicted molar refractivity (Wildman–Crippen MR) is 68.6 cm³/mol. The lowest BCUT2D eigenvalue weighted by Gasteiger charge is -2.10. The maximum absolute atomic E-state index is 5.41. The van der Waals surface area contributed by atoms with Crippen molar-refractivity contribution in [3.63, 3.8) is 0 Å². The molecule has 0 unspecified atom stereocenters. The maximum Gasteiger partial charge on any atom is 0.185 e. The van der Waals surface area contributed by atoms with Gasteiger partial charge < -0.3 is 14.8 Å². The number of para-hydroxylation sites is 1. The molecule has 0 aliphatic carbocycles. The Hall–Kier alpha value is -1.91. The van der Waals surface area contributed by atoms with Gasteiger partial charge in [-0.05, 0) is 24.3 Å². The van der Waals surface area contributed by atoms with E-state index in [1.54, 1.807) is 6.20 Å². The summed E-state index contributed by atoms with van der Waals surface area (Å²) in [5.41, 5.74) is 1.97. The van der Waals surface area contributed by atoms with Gasteiger partial charge in [-0.1, -0.05) is 18.2 Å². The Bertz CT molecular complexity index is 493. The van der Waals surface area contributed by atoms with Crippen molar-refractivity contribution >= 4 is 11.5 Å². The van der Waals surface area contributed by atoms with E-state index in [-0.39, 0.29) is 6.29 Å². The summed E-state index contributed by atoms with van der Waals surface area (Å²) < 4.78 is 10.8. The number of anilines is 2. The minimum absolute atomic E-state index is 0.261. The molecule has 0 radical (unpaired) electrons. The highest BCUT2D eigenvalue weighted by atomic mass is 16.7. The van der Waals surface area contributed by atoms with Crippen LogP contribution >= 0.6 is 0 Å². The van der Waals surface area contributed by atoms with E-state index < -0.39 is 0 Å². The molecule has 2 aromatic rings. The zero-order valence-corrected chi connectivity index (χ0v) is 9.87. The second kappa shape index (κ2) is 5.16. The summed E-state index contributed by atoms with van der Waals surface area (Å²) in [7, 11) is 0. The maximum atomic E-state index is 5.41. The van der Waals surface area contributed by atoms with Crippen LogP contribution in [0.4, 0.5) is 11.5 Å². The molecule has 4 heteroatoms. The first-order valence-corrected chi connectivity index (χ1v) is 5.93. The molecule has 0 bridgehead atoms. The first kappa shape index (κ1) is 11.2. The van der Waals surface area contributed by atoms with Crippen LogP contribution in [0.15, 0.2) is 48.7 Å². The van der Waals surface area contributed by atoms with E-state index in [9.17, 15) is 0 Å². The van der Waals surface area contributed by atoms with Crippen molar-refractivity contribution in [2.45, 2.75) is 6.29 Å². The summed E-state index contributed by atoms with van der Waals surface area (Å²) >= 11 is 0. The molecule has 1 saturated heterocycles. The Balaban J connectivity index is 1.71. The number of rotatable bonds is 3. The highest BCUT2D eigenvalue weighted by Crippen LogP contribution is 2.23. The van der Waals surface area contributed by atoms with Gasteiger partial charge in [-0.2, -0.15) is 0 Å². The zero-order valence-electron chi connectivity index (χ0n) is 9.87. The van der Waals surface area contributed by atoms with Crippen LogP contribution in [0.3, 0.4) is 0 Å². The number of benzene rings is 1. The van der Waals surface area contributed by atoms with Gasteiger partial charge in [0.2, 0.25) is 0 Å². The summed E-state index contributed by atoms with van der Waals surface area (Å²) in [5.74, 6) is 0.808. The molecule has 92 valence electrons. The molecule has 1 aliphatic rings. The van der Waals surface area contributed by atoms with Crippen molar-refractivity contribution in [3.05, 3.63) is 54.2 Å². The van der Waals surface area contributed by atoms with Crippen molar-refractivity contribution in [3.8, 4) is 0 Å². The molecular formula is C14H14N2O2. The topological polar surface area (TPSA) is 43.4 Å². The van der Waals surface area contributed by atoms with Crippen molar-refractivity contribution in [1.29, 1.82) is 0 Å². The lowest BCUT2D eigenvalue weighted by atomic mass is 10.2. The van der Waals surface area contributed by atoms with Gasteiger partial charge in [-0.3, -0.25) is 0 Å². The van der Waals surface area contributed by atoms with Gasteiger partial charge in [0.1, 0.15) is 5.82 Å². The largest absolute Gasteiger partial charge is 0.346 e. The molecule has 1 fully saturated rings. The van der Waals surface area contributed by atoms with Gasteiger partial charge in [0.15, 0.2) is 6.29 Å². The molecule has 1 N–H and O–H groups in total. The summed E-state index contributed by atoms with van der Waals surface area (Å²) in [6.07, 6.45) is 1.52. The summed E-state index contributed by atoms with van der Waals surface area (Å²) in [6, 6.07) is 13.8. The van der Waals surface area contributed by atoms with E-state index in [2.05, 4.69) is 10.3 Å². The Labute approximate surface area is 106 Å². The molecule has 0 amide bonds. The number of aromatic nitrogens is 1. The summed E-state index contributed by atoms with van der Waals surface area (Å²) in [4.78, 5) is 4.35. The van der Waals surface area contributed by atoms with Crippen LogP contribution in [0.1, 0.15) is 11.9 Å². The normalized spacial score (nSPS) is 15.8. The van der Waals surface area contributed by atoms with Crippen molar-refractivity contribution in [2.75, 3.05) is 18.5 Å². The number of hydrogen-bond acceptors (Lipinski definition) is 4. The van der Waals surface area contributed by atoms with Gasteiger partial charge >= 0.3 is 0 Å². The number of ether oxygens (including phenoxy) is 2. The van der Waals surface area contributed by atoms with Crippen molar-refractivity contribution in [2.24, 2.45) is 0 Å². The third-order valence-electron chi connectivity index (χ3n) is 2.73. The quantitative estimate of drug-likeness (QED) is 0.898. The fourth-order valence-electron chi connectivity index (χ4n) is 1.84. The van der Waals surface area contributed by atoms with Crippen LogP contribution in [0.5, 0.6) is 0 Å². The lowest BCUT2D eigenvalue weighted by Crippen LogP contribution is -2.00. The third kappa shape index (κ3) is 2.50. The van der Waals surface area contributed by atoms with Crippen molar-refractivity contribution in [1.82, 2.24) is 4.98 Å². The van der Waals surface area contributed by atoms with E-state index in [1.807, 2.05) is 42.5 Å². The fourth-order valence-corrected chi connectivity index (χ4v) is 1.84. The van der Waals surface area contributed by atoms with E-state index in [0.29, 0.717) is 13.2 Å². The van der Waals surface area contributed by atoms with Crippen LogP contribution in [0, 0.1) is 0 Å². The number of pyridine rings is 1. The van der Waals surface area contributed by atoms with Crippen molar-refractivity contribution < 1.29 is 9.47 Å². The van der Waals surface area contributed by atoms with E-state index in [0.717, 1.165) is 17.1 Å². The second-order valence-corrected chi connectivity index (χ2v) is 4.04. The molecule has 18 heavy (non-hydrogen) atoms. The van der Waals surface area contributed by atoms with E-state index >= 15 is 0 Å². The third-order valence-corrected chi connectivity index (χ3v) is 2.73. The minimum Gasteiger partial charge on any atom is -0.346 e. The Kier molecular flexibility index (Phi) is 3.21. The Morgan fingerprint density at radius 2 is 1.78 bits per heavy atom. The van der Waals surface area contributed by atoms with E-state index in [4.69, 9.17) is 9.47 Å². The molecule has 3 rings (SSSR count). The van der Waals surface area contributed by atoms with Gasteiger partial charge in [0, 0.05) is 17.4 Å². The highest BCUT2D eigenvalue weighted by Gasteiger charge is 2.18. The number of nitrogens with zero attached hydrogens (tertiary/aromatic N) is 1. The number of hydrogen-bond donors (Lipinski definition) is 1. The monoisotopic (exact) mass is 242 g/mol.